The summed E-state index contributed by atoms with van der Waals surface area (Å²) in [6.45, 7) is 0. The van der Waals surface area contributed by atoms with Crippen LogP contribution in [0.15, 0.2) is 0 Å². The molecule has 0 unspecified atom stereocenters. The SMILES string of the molecule is [BH4-].[H-].[Na+].[Na+].[Na+].[OH-]. The Morgan fingerprint density at radius 1 is 0.800 bits per heavy atom. The summed E-state index contributed by atoms with van der Waals surface area (Å²) in [6, 6.07) is 0. The van der Waals surface area contributed by atoms with Crippen LogP contribution in [0.25, 0.3) is 0 Å². The molecule has 0 aliphatic heterocycles. The predicted molar refractivity (Wildman–Crippen MR) is 14.4 cm³/mol. The molecule has 0 aliphatic rings. The van der Waals surface area contributed by atoms with Crippen LogP contribution in [0.2, 0.25) is 0 Å². The minimum absolute atomic E-state index is 0. The third kappa shape index (κ3) is 19.4. The fraction of sp³-hybridized carbons (Fsp3) is 0. The van der Waals surface area contributed by atoms with E-state index in [9.17, 15) is 0 Å². The topological polar surface area (TPSA) is 30.0 Å². The molecule has 0 radical (unpaired) electrons. The summed E-state index contributed by atoms with van der Waals surface area (Å²) >= 11 is 0. The zero-order chi connectivity index (χ0) is 0. The second-order valence-corrected chi connectivity index (χ2v) is 0. The van der Waals surface area contributed by atoms with Crippen molar-refractivity contribution in [3.8, 4) is 0 Å². The zero-order valence-electron chi connectivity index (χ0n) is 4.45. The van der Waals surface area contributed by atoms with Gasteiger partial charge in [-0.2, -0.15) is 0 Å². The molecule has 0 rings (SSSR count). The van der Waals surface area contributed by atoms with Crippen LogP contribution in [0.3, 0.4) is 0 Å². The summed E-state index contributed by atoms with van der Waals surface area (Å²) in [6.07, 6.45) is 0. The summed E-state index contributed by atoms with van der Waals surface area (Å²) < 4.78 is 0. The Hall–Kier alpha value is 3.02. The molecule has 0 aromatic rings. The first kappa shape index (κ1) is 43.3. The Morgan fingerprint density at radius 2 is 0.800 bits per heavy atom. The van der Waals surface area contributed by atoms with Crippen LogP contribution < -0.4 is 88.7 Å². The van der Waals surface area contributed by atoms with Gasteiger partial charge in [0.05, 0.1) is 0 Å². The minimum Gasteiger partial charge on any atom is -1.00 e. The van der Waals surface area contributed by atoms with E-state index >= 15 is 0 Å². The van der Waals surface area contributed by atoms with Gasteiger partial charge in [-0.25, -0.2) is 0 Å². The maximum absolute atomic E-state index is 0. The predicted octanol–water partition coefficient (Wildman–Crippen LogP) is -10.5. The third-order valence-electron chi connectivity index (χ3n) is 0. The molecule has 5 heavy (non-hydrogen) atoms. The number of hydrogen-bond acceptors (Lipinski definition) is 1. The fourth-order valence-electron chi connectivity index (χ4n) is 0. The van der Waals surface area contributed by atoms with Gasteiger partial charge < -0.3 is 6.90 Å². The maximum Gasteiger partial charge on any atom is 1.00 e. The fourth-order valence-corrected chi connectivity index (χ4v) is 0. The maximum atomic E-state index is 0. The molecule has 0 spiro atoms. The van der Waals surface area contributed by atoms with Crippen molar-refractivity contribution in [2.75, 3.05) is 0 Å². The van der Waals surface area contributed by atoms with Gasteiger partial charge in [0.2, 0.25) is 0 Å². The Labute approximate surface area is 102 Å². The van der Waals surface area contributed by atoms with Gasteiger partial charge in [-0.05, 0) is 0 Å². The van der Waals surface area contributed by atoms with E-state index in [1.165, 1.54) is 0 Å². The van der Waals surface area contributed by atoms with Crippen molar-refractivity contribution in [2.45, 2.75) is 0 Å². The Bertz CT molecular complexity index is 10.8. The van der Waals surface area contributed by atoms with Crippen molar-refractivity contribution in [2.24, 2.45) is 0 Å². The molecule has 0 fully saturated rings. The normalized spacial score (nSPS) is 0. The average molecular weight is 102 g/mol. The van der Waals surface area contributed by atoms with E-state index in [0.717, 1.165) is 0 Å². The molecule has 0 heterocycles. The third-order valence-corrected chi connectivity index (χ3v) is 0. The number of rotatable bonds is 0. The Morgan fingerprint density at radius 3 is 0.800 bits per heavy atom. The van der Waals surface area contributed by atoms with Gasteiger partial charge in [-0.15, -0.1) is 0 Å². The van der Waals surface area contributed by atoms with E-state index in [-0.39, 0.29) is 104 Å². The van der Waals surface area contributed by atoms with Crippen LogP contribution in [0, 0.1) is 0 Å². The molecular formula is H6BNa3O. The molecule has 0 atom stereocenters. The van der Waals surface area contributed by atoms with Gasteiger partial charge in [-0.1, -0.05) is 8.41 Å². The second-order valence-electron chi connectivity index (χ2n) is 0. The van der Waals surface area contributed by atoms with Crippen LogP contribution in [0.1, 0.15) is 1.43 Å². The van der Waals surface area contributed by atoms with Gasteiger partial charge in [0.25, 0.3) is 0 Å². The van der Waals surface area contributed by atoms with Crippen LogP contribution in [-0.2, 0) is 0 Å². The van der Waals surface area contributed by atoms with Gasteiger partial charge in [0, 0.05) is 0 Å². The van der Waals surface area contributed by atoms with Crippen LogP contribution in [-0.4, -0.2) is 13.9 Å². The average Bonchev–Trinajstić information content (AvgIpc) is 0. The van der Waals surface area contributed by atoms with Gasteiger partial charge in [0.15, 0.2) is 0 Å². The molecule has 0 aromatic heterocycles. The largest absolute Gasteiger partial charge is 1.00 e. The summed E-state index contributed by atoms with van der Waals surface area (Å²) in [5, 5.41) is 0. The standard InChI is InChI=1S/BH4.3Na.H2O.H/h1H4;;;;1H2;/q-1;3*+1;;-1/p-1. The van der Waals surface area contributed by atoms with Crippen molar-refractivity contribution in [1.82, 2.24) is 0 Å². The van der Waals surface area contributed by atoms with E-state index < -0.39 is 0 Å². The summed E-state index contributed by atoms with van der Waals surface area (Å²) in [5.74, 6) is 0. The first-order valence-electron chi connectivity index (χ1n) is 0. The summed E-state index contributed by atoms with van der Waals surface area (Å²) in [4.78, 5) is 0. The van der Waals surface area contributed by atoms with Crippen molar-refractivity contribution in [3.63, 3.8) is 0 Å². The van der Waals surface area contributed by atoms with Crippen LogP contribution >= 0.6 is 0 Å². The quantitative estimate of drug-likeness (QED) is 0.279. The van der Waals surface area contributed by atoms with Crippen molar-refractivity contribution in [1.29, 1.82) is 0 Å². The Balaban J connectivity index is 0. The summed E-state index contributed by atoms with van der Waals surface area (Å²) in [7, 11) is 0. The molecule has 0 saturated heterocycles. The molecule has 18 valence electrons. The molecule has 0 aliphatic carbocycles. The smallest absolute Gasteiger partial charge is 1.00 e. The van der Waals surface area contributed by atoms with Gasteiger partial charge in [-0.3, -0.25) is 0 Å². The first-order valence-corrected chi connectivity index (χ1v) is 0. The van der Waals surface area contributed by atoms with E-state index in [2.05, 4.69) is 0 Å². The van der Waals surface area contributed by atoms with E-state index in [1.807, 2.05) is 0 Å². The molecule has 1 N–H and O–H groups in total. The molecule has 0 aromatic carbocycles. The van der Waals surface area contributed by atoms with Crippen molar-refractivity contribution >= 4 is 8.41 Å². The monoisotopic (exact) mass is 102 g/mol. The second kappa shape index (κ2) is 27.9. The molecule has 0 saturated carbocycles. The zero-order valence-corrected chi connectivity index (χ0v) is 9.45. The summed E-state index contributed by atoms with van der Waals surface area (Å²) in [5.41, 5.74) is 0. The molecular weight excluding hydrogens is 95.8 g/mol. The van der Waals surface area contributed by atoms with Crippen LogP contribution in [0.5, 0.6) is 0 Å². The Kier molecular flexibility index (Phi) is 241. The minimum atomic E-state index is 0. The van der Waals surface area contributed by atoms with E-state index in [0.29, 0.717) is 0 Å². The molecule has 0 amide bonds. The van der Waals surface area contributed by atoms with Gasteiger partial charge >= 0.3 is 88.7 Å². The van der Waals surface area contributed by atoms with Gasteiger partial charge in [0.1, 0.15) is 0 Å². The van der Waals surface area contributed by atoms with Crippen LogP contribution in [0.4, 0.5) is 0 Å². The molecule has 1 nitrogen and oxygen atoms in total. The molecule has 5 heteroatoms. The van der Waals surface area contributed by atoms with E-state index in [4.69, 9.17) is 0 Å². The van der Waals surface area contributed by atoms with Crippen molar-refractivity contribution < 1.29 is 95.6 Å². The molecule has 0 bridgehead atoms. The van der Waals surface area contributed by atoms with Crippen molar-refractivity contribution in [3.05, 3.63) is 0 Å². The number of hydrogen-bond donors (Lipinski definition) is 0. The first-order chi connectivity index (χ1) is 0. The van der Waals surface area contributed by atoms with E-state index in [1.54, 1.807) is 0 Å².